The molecule has 0 bridgehead atoms. The lowest BCUT2D eigenvalue weighted by atomic mass is 9.76. The molecule has 0 aromatic heterocycles. The molecule has 0 aliphatic heterocycles. The second-order valence-electron chi connectivity index (χ2n) is 5.48. The van der Waals surface area contributed by atoms with Crippen molar-refractivity contribution in [2.75, 3.05) is 14.2 Å². The average molecular weight is 297 g/mol. The summed E-state index contributed by atoms with van der Waals surface area (Å²) in [5.74, 6) is 0.255. The first kappa shape index (κ1) is 27.1. The Morgan fingerprint density at radius 1 is 1.16 bits per heavy atom. The molecule has 0 radical (unpaired) electrons. The molecular weight excluding hydrogens is 264 g/mol. The number of Topliss-reactive ketones (excluding diaryl/α,β-unsaturated/α-hetero) is 1. The lowest BCUT2D eigenvalue weighted by Gasteiger charge is -2.44. The van der Waals surface area contributed by atoms with Gasteiger partial charge in [0.05, 0.1) is 7.18 Å². The van der Waals surface area contributed by atoms with Gasteiger partial charge in [-0.25, -0.2) is 0 Å². The van der Waals surface area contributed by atoms with E-state index in [1.807, 2.05) is 13.7 Å². The monoisotopic (exact) mass is 297 g/mol. The number of ketones is 1. The van der Waals surface area contributed by atoms with E-state index in [2.05, 4.69) is 55.7 Å². The Bertz CT molecular complexity index is 214. The predicted molar refractivity (Wildman–Crippen MR) is 86.1 cm³/mol. The summed E-state index contributed by atoms with van der Waals surface area (Å²) < 4.78 is 11.7. The molecule has 0 rings (SSSR count). The molecule has 5 heteroatoms. The maximum Gasteiger partial charge on any atom is 0.129 e. The van der Waals surface area contributed by atoms with E-state index in [0.717, 1.165) is 0 Å². The molecule has 0 fully saturated rings. The largest absolute Gasteiger partial charge is 0.307 e. The van der Waals surface area contributed by atoms with Gasteiger partial charge in [-0.05, 0) is 33.2 Å². The fourth-order valence-electron chi connectivity index (χ4n) is 0.529. The van der Waals surface area contributed by atoms with E-state index in [1.165, 1.54) is 0 Å². The van der Waals surface area contributed by atoms with Crippen LogP contribution in [0.3, 0.4) is 0 Å². The highest BCUT2D eigenvalue weighted by Gasteiger charge is 2.34. The Labute approximate surface area is 121 Å². The molecule has 1 atom stereocenters. The zero-order chi connectivity index (χ0) is 16.9. The van der Waals surface area contributed by atoms with Crippen LogP contribution < -0.4 is 0 Å². The molecule has 0 saturated carbocycles. The molecule has 0 amide bonds. The summed E-state index contributed by atoms with van der Waals surface area (Å²) in [7, 11) is 5.32. The number of nitrogens with zero attached hydrogens (tertiary/aromatic N) is 1. The Hall–Kier alpha value is -0.340. The number of carbonyl (C=O) groups is 2. The van der Waals surface area contributed by atoms with Crippen molar-refractivity contribution in [1.29, 1.82) is 0 Å². The maximum atomic E-state index is 9.81. The minimum atomic E-state index is 0.234. The van der Waals surface area contributed by atoms with Crippen LogP contribution in [-0.4, -0.2) is 37.0 Å². The van der Waals surface area contributed by atoms with Gasteiger partial charge in [0.1, 0.15) is 12.6 Å². The van der Waals surface area contributed by atoms with Gasteiger partial charge in [-0.3, -0.25) is 9.06 Å². The van der Waals surface area contributed by atoms with Crippen molar-refractivity contribution < 1.29 is 14.0 Å². The fourth-order valence-corrected chi connectivity index (χ4v) is 0.916. The first-order valence-corrected chi connectivity index (χ1v) is 6.63. The third kappa shape index (κ3) is 15.6. The number of carbonyl (C=O) groups excluding carboxylic acids is 2. The van der Waals surface area contributed by atoms with Crippen molar-refractivity contribution in [1.82, 2.24) is 4.67 Å². The molecule has 0 aliphatic rings. The van der Waals surface area contributed by atoms with Gasteiger partial charge in [0.2, 0.25) is 0 Å². The van der Waals surface area contributed by atoms with Crippen LogP contribution in [-0.2, 0) is 9.59 Å². The topological polar surface area (TPSA) is 37.4 Å². The van der Waals surface area contributed by atoms with E-state index in [9.17, 15) is 9.18 Å². The number of hydrogen-bond donors (Lipinski definition) is 0. The second kappa shape index (κ2) is 14.1. The number of hydrogen-bond acceptors (Lipinski definition) is 3. The standard InChI is InChI=1S/C8H20NP.C4H8O.CH3F.CH2O/c1-7(2,3)8(4,5)9(6)10;1-3-4(2)5;2*1-2/h10H2,1-6H3;3H2,1-2H3;1H3;1H2. The summed E-state index contributed by atoms with van der Waals surface area (Å²) in [6, 6.07) is 0. The number of alkyl halides is 1. The maximum absolute atomic E-state index is 9.81. The highest BCUT2D eigenvalue weighted by molar-refractivity contribution is 7.13. The highest BCUT2D eigenvalue weighted by Crippen LogP contribution is 2.35. The Kier molecular flexibility index (Phi) is 20.1. The van der Waals surface area contributed by atoms with Crippen LogP contribution in [0.5, 0.6) is 0 Å². The third-order valence-corrected chi connectivity index (χ3v) is 3.86. The first-order valence-electron chi connectivity index (χ1n) is 6.11. The molecular formula is C14H33FNO2P. The summed E-state index contributed by atoms with van der Waals surface area (Å²) in [5.41, 5.74) is 0.557. The van der Waals surface area contributed by atoms with Gasteiger partial charge in [-0.15, -0.1) is 0 Å². The van der Waals surface area contributed by atoms with E-state index in [1.54, 1.807) is 6.92 Å². The normalized spacial score (nSPS) is 10.1. The average Bonchev–Trinajstić information content (AvgIpc) is 2.33. The van der Waals surface area contributed by atoms with Gasteiger partial charge in [0, 0.05) is 12.0 Å². The predicted octanol–water partition coefficient (Wildman–Crippen LogP) is 3.92. The van der Waals surface area contributed by atoms with Crippen LogP contribution in [0.1, 0.15) is 54.9 Å². The van der Waals surface area contributed by atoms with Crippen LogP contribution in [0.25, 0.3) is 0 Å². The van der Waals surface area contributed by atoms with E-state index in [0.29, 0.717) is 19.0 Å². The molecule has 0 N–H and O–H groups in total. The van der Waals surface area contributed by atoms with Gasteiger partial charge in [-0.2, -0.15) is 0 Å². The van der Waals surface area contributed by atoms with Gasteiger partial charge in [-0.1, -0.05) is 37.1 Å². The SMILES string of the molecule is C=O.CCC(C)=O.CF.CN(P)C(C)(C)C(C)(C)C. The number of halogens is 1. The summed E-state index contributed by atoms with van der Waals surface area (Å²) in [6.07, 6.45) is 0.667. The second-order valence-corrected chi connectivity index (χ2v) is 6.25. The van der Waals surface area contributed by atoms with Crippen molar-refractivity contribution >= 4 is 22.0 Å². The van der Waals surface area contributed by atoms with E-state index < -0.39 is 0 Å². The van der Waals surface area contributed by atoms with Crippen molar-refractivity contribution in [2.45, 2.75) is 60.4 Å². The minimum absolute atomic E-state index is 0.234. The molecule has 1 unspecified atom stereocenters. The molecule has 3 nitrogen and oxygen atoms in total. The van der Waals surface area contributed by atoms with Gasteiger partial charge in [0.25, 0.3) is 0 Å². The molecule has 19 heavy (non-hydrogen) atoms. The van der Waals surface area contributed by atoms with E-state index >= 15 is 0 Å². The summed E-state index contributed by atoms with van der Waals surface area (Å²) >= 11 is 0. The van der Waals surface area contributed by atoms with Crippen molar-refractivity contribution in [2.24, 2.45) is 5.41 Å². The van der Waals surface area contributed by atoms with Crippen LogP contribution in [0.4, 0.5) is 4.39 Å². The van der Waals surface area contributed by atoms with E-state index in [4.69, 9.17) is 4.79 Å². The molecule has 0 aliphatic carbocycles. The van der Waals surface area contributed by atoms with Gasteiger partial charge >= 0.3 is 0 Å². The molecule has 0 heterocycles. The summed E-state index contributed by atoms with van der Waals surface area (Å²) in [5, 5.41) is 0. The zero-order valence-electron chi connectivity index (χ0n) is 14.1. The summed E-state index contributed by atoms with van der Waals surface area (Å²) in [4.78, 5) is 17.8. The Morgan fingerprint density at radius 2 is 1.37 bits per heavy atom. The zero-order valence-corrected chi connectivity index (χ0v) is 15.3. The van der Waals surface area contributed by atoms with Gasteiger partial charge < -0.3 is 9.59 Å². The quantitative estimate of drug-likeness (QED) is 0.725. The molecule has 0 saturated heterocycles. The third-order valence-electron chi connectivity index (χ3n) is 3.22. The Morgan fingerprint density at radius 3 is 1.37 bits per heavy atom. The fraction of sp³-hybridized carbons (Fsp3) is 0.857. The van der Waals surface area contributed by atoms with Crippen molar-refractivity contribution in [3.63, 3.8) is 0 Å². The molecule has 118 valence electrons. The lowest BCUT2D eigenvalue weighted by molar-refractivity contribution is -0.116. The smallest absolute Gasteiger partial charge is 0.129 e. The number of rotatable bonds is 2. The van der Waals surface area contributed by atoms with Crippen LogP contribution in [0.15, 0.2) is 0 Å². The first-order chi connectivity index (χ1) is 8.46. The van der Waals surface area contributed by atoms with Crippen molar-refractivity contribution in [3.05, 3.63) is 0 Å². The highest BCUT2D eigenvalue weighted by atomic mass is 31.0. The van der Waals surface area contributed by atoms with Crippen LogP contribution in [0, 0.1) is 5.41 Å². The summed E-state index contributed by atoms with van der Waals surface area (Å²) in [6.45, 7) is 16.7. The minimum Gasteiger partial charge on any atom is -0.307 e. The Balaban J connectivity index is -0.000000105. The van der Waals surface area contributed by atoms with Gasteiger partial charge in [0.15, 0.2) is 0 Å². The molecule has 0 aromatic carbocycles. The molecule has 0 aromatic rings. The van der Waals surface area contributed by atoms with Crippen LogP contribution in [0.2, 0.25) is 0 Å². The van der Waals surface area contributed by atoms with Crippen LogP contribution >= 0.6 is 9.39 Å². The lowest BCUT2D eigenvalue weighted by Crippen LogP contribution is -2.46. The van der Waals surface area contributed by atoms with E-state index in [-0.39, 0.29) is 11.3 Å². The van der Waals surface area contributed by atoms with Crippen molar-refractivity contribution in [3.8, 4) is 0 Å². The molecule has 0 spiro atoms.